The minimum atomic E-state index is -0.609. The molecule has 0 unspecified atom stereocenters. The SMILES string of the molecule is CN(C)CC[C@H]1C[C@@H](F)CN1. The standard InChI is InChI=1S/C8H17FN2/c1-11(2)4-3-8-5-7(9)6-10-8/h7-8,10H,3-6H2,1-2H3/t7-,8+/m1/s1. The van der Waals surface area contributed by atoms with Gasteiger partial charge in [-0.3, -0.25) is 0 Å². The van der Waals surface area contributed by atoms with Gasteiger partial charge >= 0.3 is 0 Å². The highest BCUT2D eigenvalue weighted by Gasteiger charge is 2.22. The molecular formula is C8H17FN2. The molecule has 3 heteroatoms. The Morgan fingerprint density at radius 2 is 2.27 bits per heavy atom. The summed E-state index contributed by atoms with van der Waals surface area (Å²) in [5.74, 6) is 0. The van der Waals surface area contributed by atoms with Crippen molar-refractivity contribution in [1.29, 1.82) is 0 Å². The van der Waals surface area contributed by atoms with Gasteiger partial charge in [0.15, 0.2) is 0 Å². The van der Waals surface area contributed by atoms with Gasteiger partial charge in [0.25, 0.3) is 0 Å². The fraction of sp³-hybridized carbons (Fsp3) is 1.00. The first-order valence-electron chi connectivity index (χ1n) is 4.20. The number of rotatable bonds is 3. The highest BCUT2D eigenvalue weighted by atomic mass is 19.1. The van der Waals surface area contributed by atoms with Crippen molar-refractivity contribution in [3.8, 4) is 0 Å². The average Bonchev–Trinajstić information content (AvgIpc) is 2.31. The van der Waals surface area contributed by atoms with E-state index in [0.29, 0.717) is 19.0 Å². The van der Waals surface area contributed by atoms with E-state index in [1.54, 1.807) is 0 Å². The van der Waals surface area contributed by atoms with Gasteiger partial charge in [-0.15, -0.1) is 0 Å². The zero-order chi connectivity index (χ0) is 8.27. The fourth-order valence-electron chi connectivity index (χ4n) is 1.40. The van der Waals surface area contributed by atoms with E-state index in [1.165, 1.54) is 0 Å². The summed E-state index contributed by atoms with van der Waals surface area (Å²) in [6, 6.07) is 0.410. The summed E-state index contributed by atoms with van der Waals surface area (Å²) in [6.45, 7) is 1.60. The van der Waals surface area contributed by atoms with Gasteiger partial charge in [0.2, 0.25) is 0 Å². The number of halogens is 1. The van der Waals surface area contributed by atoms with Crippen molar-refractivity contribution < 1.29 is 4.39 Å². The van der Waals surface area contributed by atoms with E-state index in [1.807, 2.05) is 14.1 Å². The number of nitrogens with zero attached hydrogens (tertiary/aromatic N) is 1. The Morgan fingerprint density at radius 1 is 1.55 bits per heavy atom. The summed E-state index contributed by atoms with van der Waals surface area (Å²) in [6.07, 6.45) is 1.16. The molecule has 1 fully saturated rings. The van der Waals surface area contributed by atoms with Crippen molar-refractivity contribution in [3.05, 3.63) is 0 Å². The lowest BCUT2D eigenvalue weighted by atomic mass is 10.1. The summed E-state index contributed by atoms with van der Waals surface area (Å²) >= 11 is 0. The first-order valence-corrected chi connectivity index (χ1v) is 4.20. The molecule has 2 nitrogen and oxygen atoms in total. The molecule has 11 heavy (non-hydrogen) atoms. The summed E-state index contributed by atoms with van der Waals surface area (Å²) in [5.41, 5.74) is 0. The van der Waals surface area contributed by atoms with Crippen LogP contribution in [0.25, 0.3) is 0 Å². The van der Waals surface area contributed by atoms with Gasteiger partial charge in [-0.05, 0) is 33.5 Å². The third-order valence-electron chi connectivity index (χ3n) is 2.09. The molecule has 1 rings (SSSR count). The van der Waals surface area contributed by atoms with Crippen molar-refractivity contribution in [2.75, 3.05) is 27.2 Å². The Morgan fingerprint density at radius 3 is 2.73 bits per heavy atom. The lowest BCUT2D eigenvalue weighted by Crippen LogP contribution is -2.26. The van der Waals surface area contributed by atoms with Crippen LogP contribution in [0.3, 0.4) is 0 Å². The Kier molecular flexibility index (Phi) is 3.27. The molecule has 0 saturated carbocycles. The normalized spacial score (nSPS) is 31.6. The second kappa shape index (κ2) is 4.02. The summed E-state index contributed by atoms with van der Waals surface area (Å²) in [4.78, 5) is 2.13. The van der Waals surface area contributed by atoms with Gasteiger partial charge in [-0.2, -0.15) is 0 Å². The molecule has 0 aromatic carbocycles. The van der Waals surface area contributed by atoms with E-state index >= 15 is 0 Å². The number of nitrogens with one attached hydrogen (secondary N) is 1. The van der Waals surface area contributed by atoms with Crippen LogP contribution in [0.1, 0.15) is 12.8 Å². The summed E-state index contributed by atoms with van der Waals surface area (Å²) in [7, 11) is 4.09. The molecule has 2 atom stereocenters. The minimum absolute atomic E-state index is 0.410. The molecule has 0 aromatic heterocycles. The van der Waals surface area contributed by atoms with Gasteiger partial charge in [-0.1, -0.05) is 0 Å². The van der Waals surface area contributed by atoms with Crippen molar-refractivity contribution in [3.63, 3.8) is 0 Å². The number of alkyl halides is 1. The zero-order valence-electron chi connectivity index (χ0n) is 7.31. The molecule has 1 saturated heterocycles. The molecule has 0 aromatic rings. The molecule has 66 valence electrons. The van der Waals surface area contributed by atoms with Gasteiger partial charge < -0.3 is 10.2 Å². The predicted molar refractivity (Wildman–Crippen MR) is 44.5 cm³/mol. The van der Waals surface area contributed by atoms with Crippen LogP contribution in [-0.4, -0.2) is 44.3 Å². The van der Waals surface area contributed by atoms with E-state index in [0.717, 1.165) is 13.0 Å². The van der Waals surface area contributed by atoms with Crippen LogP contribution in [0, 0.1) is 0 Å². The minimum Gasteiger partial charge on any atom is -0.311 e. The van der Waals surface area contributed by atoms with Crippen LogP contribution in [0.2, 0.25) is 0 Å². The first-order chi connectivity index (χ1) is 5.18. The number of hydrogen-bond donors (Lipinski definition) is 1. The quantitative estimate of drug-likeness (QED) is 0.651. The molecule has 0 aliphatic carbocycles. The van der Waals surface area contributed by atoms with Crippen molar-refractivity contribution in [2.24, 2.45) is 0 Å². The van der Waals surface area contributed by atoms with Crippen LogP contribution in [0.15, 0.2) is 0 Å². The van der Waals surface area contributed by atoms with E-state index in [-0.39, 0.29) is 0 Å². The Balaban J connectivity index is 2.08. The van der Waals surface area contributed by atoms with Gasteiger partial charge in [-0.25, -0.2) is 4.39 Å². The van der Waals surface area contributed by atoms with Gasteiger partial charge in [0.05, 0.1) is 0 Å². The van der Waals surface area contributed by atoms with E-state index in [2.05, 4.69) is 10.2 Å². The Hall–Kier alpha value is -0.150. The lowest BCUT2D eigenvalue weighted by molar-refractivity contribution is 0.340. The number of hydrogen-bond acceptors (Lipinski definition) is 2. The van der Waals surface area contributed by atoms with E-state index < -0.39 is 6.17 Å². The summed E-state index contributed by atoms with van der Waals surface area (Å²) < 4.78 is 12.6. The van der Waals surface area contributed by atoms with E-state index in [4.69, 9.17) is 0 Å². The van der Waals surface area contributed by atoms with Crippen LogP contribution < -0.4 is 5.32 Å². The molecule has 1 heterocycles. The molecule has 0 spiro atoms. The summed E-state index contributed by atoms with van der Waals surface area (Å²) in [5, 5.41) is 3.16. The second-order valence-electron chi connectivity index (χ2n) is 3.53. The van der Waals surface area contributed by atoms with Gasteiger partial charge in [0, 0.05) is 12.6 Å². The smallest absolute Gasteiger partial charge is 0.114 e. The maximum absolute atomic E-state index is 12.6. The van der Waals surface area contributed by atoms with Crippen molar-refractivity contribution in [2.45, 2.75) is 25.1 Å². The molecular weight excluding hydrogens is 143 g/mol. The van der Waals surface area contributed by atoms with E-state index in [9.17, 15) is 4.39 Å². The highest BCUT2D eigenvalue weighted by molar-refractivity contribution is 4.81. The molecule has 1 N–H and O–H groups in total. The Labute approximate surface area is 67.8 Å². The molecule has 0 amide bonds. The third-order valence-corrected chi connectivity index (χ3v) is 2.09. The molecule has 0 bridgehead atoms. The first kappa shape index (κ1) is 8.94. The average molecular weight is 160 g/mol. The van der Waals surface area contributed by atoms with Crippen LogP contribution in [0.5, 0.6) is 0 Å². The van der Waals surface area contributed by atoms with Crippen LogP contribution in [-0.2, 0) is 0 Å². The predicted octanol–water partition coefficient (Wildman–Crippen LogP) is 0.638. The van der Waals surface area contributed by atoms with Crippen LogP contribution >= 0.6 is 0 Å². The zero-order valence-corrected chi connectivity index (χ0v) is 7.31. The van der Waals surface area contributed by atoms with Crippen molar-refractivity contribution >= 4 is 0 Å². The van der Waals surface area contributed by atoms with Crippen LogP contribution in [0.4, 0.5) is 4.39 Å². The maximum atomic E-state index is 12.6. The fourth-order valence-corrected chi connectivity index (χ4v) is 1.40. The maximum Gasteiger partial charge on any atom is 0.114 e. The lowest BCUT2D eigenvalue weighted by Gasteiger charge is -2.13. The topological polar surface area (TPSA) is 15.3 Å². The molecule has 0 radical (unpaired) electrons. The van der Waals surface area contributed by atoms with Crippen molar-refractivity contribution in [1.82, 2.24) is 10.2 Å². The molecule has 1 aliphatic heterocycles. The monoisotopic (exact) mass is 160 g/mol. The van der Waals surface area contributed by atoms with Gasteiger partial charge in [0.1, 0.15) is 6.17 Å². The largest absolute Gasteiger partial charge is 0.311 e. The molecule has 1 aliphatic rings. The highest BCUT2D eigenvalue weighted by Crippen LogP contribution is 2.12. The third kappa shape index (κ3) is 3.16. The Bertz CT molecular complexity index is 117. The second-order valence-corrected chi connectivity index (χ2v) is 3.53.